The molecule has 0 amide bonds. The van der Waals surface area contributed by atoms with Crippen LogP contribution in [0.2, 0.25) is 0 Å². The summed E-state index contributed by atoms with van der Waals surface area (Å²) < 4.78 is 14.0. The molecule has 0 aliphatic carbocycles. The highest BCUT2D eigenvalue weighted by Gasteiger charge is 2.17. The molecule has 0 fully saturated rings. The van der Waals surface area contributed by atoms with Crippen molar-refractivity contribution in [3.63, 3.8) is 0 Å². The smallest absolute Gasteiger partial charge is 0.231 e. The van der Waals surface area contributed by atoms with E-state index < -0.39 is 5.82 Å². The van der Waals surface area contributed by atoms with Gasteiger partial charge in [0.15, 0.2) is 0 Å². The predicted octanol–water partition coefficient (Wildman–Crippen LogP) is 4.22. The molecule has 0 heterocycles. The summed E-state index contributed by atoms with van der Waals surface area (Å²) in [6, 6.07) is 12.4. The Bertz CT molecular complexity index is 676. The maximum atomic E-state index is 14.0. The number of nitrogens with zero attached hydrogens (tertiary/aromatic N) is 2. The largest absolute Gasteiger partial charge is 0.234 e. The Balaban J connectivity index is 2.82. The lowest BCUT2D eigenvalue weighted by atomic mass is 9.96. The molecule has 18 heavy (non-hydrogen) atoms. The number of hydrogen-bond acceptors (Lipinski definition) is 1. The fourth-order valence-corrected chi connectivity index (χ4v) is 1.93. The average Bonchev–Trinajstić information content (AvgIpc) is 2.41. The van der Waals surface area contributed by atoms with E-state index in [4.69, 9.17) is 11.8 Å². The normalized spacial score (nSPS) is 9.56. The van der Waals surface area contributed by atoms with Gasteiger partial charge in [-0.1, -0.05) is 35.9 Å². The van der Waals surface area contributed by atoms with E-state index in [0.29, 0.717) is 5.56 Å². The summed E-state index contributed by atoms with van der Waals surface area (Å²) in [5, 5.41) is 8.83. The highest BCUT2D eigenvalue weighted by molar-refractivity contribution is 5.83. The van der Waals surface area contributed by atoms with Crippen LogP contribution in [0, 0.1) is 30.6 Å². The van der Waals surface area contributed by atoms with Gasteiger partial charge in [-0.15, -0.1) is 0 Å². The van der Waals surface area contributed by atoms with E-state index in [1.807, 2.05) is 30.3 Å². The molecule has 2 aromatic carbocycles. The molecule has 0 bridgehead atoms. The SMILES string of the molecule is [C-]#[N+]c1c(F)c(C#N)cc(C)c1-c1ccccc1. The summed E-state index contributed by atoms with van der Waals surface area (Å²) in [6.45, 7) is 8.89. The van der Waals surface area contributed by atoms with Gasteiger partial charge >= 0.3 is 0 Å². The van der Waals surface area contributed by atoms with Crippen LogP contribution in [0.15, 0.2) is 36.4 Å². The molecule has 2 aromatic rings. The van der Waals surface area contributed by atoms with Crippen LogP contribution in [-0.4, -0.2) is 0 Å². The molecule has 0 radical (unpaired) electrons. The molecule has 3 heteroatoms. The second-order valence-electron chi connectivity index (χ2n) is 3.87. The van der Waals surface area contributed by atoms with Crippen LogP contribution in [-0.2, 0) is 0 Å². The maximum Gasteiger partial charge on any atom is 0.231 e. The molecule has 0 saturated carbocycles. The molecule has 2 nitrogen and oxygen atoms in total. The van der Waals surface area contributed by atoms with Crippen molar-refractivity contribution in [2.75, 3.05) is 0 Å². The van der Waals surface area contributed by atoms with Gasteiger partial charge in [-0.2, -0.15) is 5.26 Å². The minimum absolute atomic E-state index is 0.0850. The van der Waals surface area contributed by atoms with Crippen LogP contribution in [0.5, 0.6) is 0 Å². The number of rotatable bonds is 1. The number of nitriles is 1. The van der Waals surface area contributed by atoms with Gasteiger partial charge in [0.2, 0.25) is 5.69 Å². The second kappa shape index (κ2) is 4.69. The standard InChI is InChI=1S/C15H9FN2/c1-10-8-12(9-17)14(16)15(18-2)13(10)11-6-4-3-5-7-11/h3-8H,1H3. The lowest BCUT2D eigenvalue weighted by molar-refractivity contribution is 0.630. The Hall–Kier alpha value is -2.65. The van der Waals surface area contributed by atoms with Crippen molar-refractivity contribution >= 4 is 5.69 Å². The molecular formula is C15H9FN2. The van der Waals surface area contributed by atoms with Crippen molar-refractivity contribution in [1.82, 2.24) is 0 Å². The molecule has 0 N–H and O–H groups in total. The molecule has 0 aliphatic rings. The number of halogens is 1. The Labute approximate surface area is 105 Å². The minimum Gasteiger partial charge on any atom is -0.234 e. The Morgan fingerprint density at radius 2 is 1.94 bits per heavy atom. The third-order valence-corrected chi connectivity index (χ3v) is 2.73. The number of hydrogen-bond donors (Lipinski definition) is 0. The quantitative estimate of drug-likeness (QED) is 0.681. The van der Waals surface area contributed by atoms with Gasteiger partial charge in [-0.3, -0.25) is 0 Å². The van der Waals surface area contributed by atoms with Crippen LogP contribution < -0.4 is 0 Å². The van der Waals surface area contributed by atoms with E-state index in [2.05, 4.69) is 4.85 Å². The molecule has 0 unspecified atom stereocenters. The zero-order chi connectivity index (χ0) is 13.1. The molecule has 0 atom stereocenters. The third-order valence-electron chi connectivity index (χ3n) is 2.73. The highest BCUT2D eigenvalue weighted by atomic mass is 19.1. The molecule has 0 saturated heterocycles. The molecular weight excluding hydrogens is 227 g/mol. The van der Waals surface area contributed by atoms with Gasteiger partial charge in [0.1, 0.15) is 11.9 Å². The second-order valence-corrected chi connectivity index (χ2v) is 3.87. The van der Waals surface area contributed by atoms with Gasteiger partial charge < -0.3 is 0 Å². The van der Waals surface area contributed by atoms with Crippen molar-refractivity contribution < 1.29 is 4.39 Å². The highest BCUT2D eigenvalue weighted by Crippen LogP contribution is 2.37. The topological polar surface area (TPSA) is 28.1 Å². The van der Waals surface area contributed by atoms with E-state index in [1.54, 1.807) is 13.0 Å². The zero-order valence-corrected chi connectivity index (χ0v) is 9.74. The lowest BCUT2D eigenvalue weighted by Crippen LogP contribution is -1.92. The molecule has 0 aliphatic heterocycles. The zero-order valence-electron chi connectivity index (χ0n) is 9.74. The van der Waals surface area contributed by atoms with Crippen molar-refractivity contribution in [3.05, 3.63) is 64.8 Å². The Morgan fingerprint density at radius 3 is 2.50 bits per heavy atom. The summed E-state index contributed by atoms with van der Waals surface area (Å²) in [5.41, 5.74) is 1.90. The van der Waals surface area contributed by atoms with Crippen LogP contribution in [0.1, 0.15) is 11.1 Å². The lowest BCUT2D eigenvalue weighted by Gasteiger charge is -2.10. The van der Waals surface area contributed by atoms with Crippen LogP contribution >= 0.6 is 0 Å². The molecule has 0 spiro atoms. The van der Waals surface area contributed by atoms with Gasteiger partial charge in [0, 0.05) is 0 Å². The van der Waals surface area contributed by atoms with Crippen LogP contribution in [0.4, 0.5) is 10.1 Å². The van der Waals surface area contributed by atoms with E-state index in [-0.39, 0.29) is 11.3 Å². The van der Waals surface area contributed by atoms with Crippen molar-refractivity contribution in [2.45, 2.75) is 6.92 Å². The van der Waals surface area contributed by atoms with Crippen molar-refractivity contribution in [3.8, 4) is 17.2 Å². The van der Waals surface area contributed by atoms with E-state index in [0.717, 1.165) is 11.1 Å². The van der Waals surface area contributed by atoms with Gasteiger partial charge in [-0.05, 0) is 24.1 Å². The number of benzene rings is 2. The molecule has 86 valence electrons. The van der Waals surface area contributed by atoms with E-state index in [1.165, 1.54) is 6.07 Å². The Morgan fingerprint density at radius 1 is 1.28 bits per heavy atom. The van der Waals surface area contributed by atoms with E-state index in [9.17, 15) is 4.39 Å². The third kappa shape index (κ3) is 1.83. The minimum atomic E-state index is -0.739. The molecule has 2 rings (SSSR count). The fraction of sp³-hybridized carbons (Fsp3) is 0.0667. The van der Waals surface area contributed by atoms with Crippen molar-refractivity contribution in [1.29, 1.82) is 5.26 Å². The van der Waals surface area contributed by atoms with E-state index >= 15 is 0 Å². The Kier molecular flexibility index (Phi) is 3.08. The summed E-state index contributed by atoms with van der Waals surface area (Å²) in [7, 11) is 0. The summed E-state index contributed by atoms with van der Waals surface area (Å²) in [4.78, 5) is 3.24. The predicted molar refractivity (Wildman–Crippen MR) is 67.6 cm³/mol. The van der Waals surface area contributed by atoms with Gasteiger partial charge in [0.05, 0.1) is 12.1 Å². The van der Waals surface area contributed by atoms with Crippen LogP contribution in [0.3, 0.4) is 0 Å². The fourth-order valence-electron chi connectivity index (χ4n) is 1.93. The first-order valence-electron chi connectivity index (χ1n) is 5.35. The monoisotopic (exact) mass is 236 g/mol. The van der Waals surface area contributed by atoms with Crippen LogP contribution in [0.25, 0.3) is 16.0 Å². The first-order valence-corrected chi connectivity index (χ1v) is 5.35. The van der Waals surface area contributed by atoms with Gasteiger partial charge in [-0.25, -0.2) is 9.24 Å². The van der Waals surface area contributed by atoms with Crippen molar-refractivity contribution in [2.24, 2.45) is 0 Å². The number of aryl methyl sites for hydroxylation is 1. The maximum absolute atomic E-state index is 14.0. The summed E-state index contributed by atoms with van der Waals surface area (Å²) in [6.07, 6.45) is 0. The molecule has 0 aromatic heterocycles. The first-order chi connectivity index (χ1) is 8.69. The summed E-state index contributed by atoms with van der Waals surface area (Å²) in [5.74, 6) is -0.739. The first kappa shape index (κ1) is 11.8. The summed E-state index contributed by atoms with van der Waals surface area (Å²) >= 11 is 0. The average molecular weight is 236 g/mol. The van der Waals surface area contributed by atoms with Gasteiger partial charge in [0.25, 0.3) is 0 Å².